The Bertz CT molecular complexity index is 916. The molecule has 0 fully saturated rings. The van der Waals surface area contributed by atoms with E-state index in [0.29, 0.717) is 6.61 Å². The van der Waals surface area contributed by atoms with Crippen molar-refractivity contribution in [2.24, 2.45) is 0 Å². The molecule has 3 aromatic rings. The van der Waals surface area contributed by atoms with Crippen LogP contribution in [0.25, 0.3) is 0 Å². The van der Waals surface area contributed by atoms with E-state index in [1.165, 1.54) is 16.7 Å². The Hall–Kier alpha value is -1.30. The molecule has 0 saturated carbocycles. The number of hydrogen-bond donors (Lipinski definition) is 1. The second kappa shape index (κ2) is 9.26. The van der Waals surface area contributed by atoms with Crippen LogP contribution in [0.4, 0.5) is 5.69 Å². The highest BCUT2D eigenvalue weighted by Gasteiger charge is 2.10. The van der Waals surface area contributed by atoms with Crippen LogP contribution in [0, 0.1) is 13.8 Å². The van der Waals surface area contributed by atoms with Gasteiger partial charge >= 0.3 is 0 Å². The smallest absolute Gasteiger partial charge is 0.148 e. The highest BCUT2D eigenvalue weighted by atomic mass is 79.9. The summed E-state index contributed by atoms with van der Waals surface area (Å²) in [7, 11) is 0. The summed E-state index contributed by atoms with van der Waals surface area (Å²) in [4.78, 5) is 0. The number of benzene rings is 3. The van der Waals surface area contributed by atoms with Crippen LogP contribution < -0.4 is 10.1 Å². The Kier molecular flexibility index (Phi) is 7.01. The fourth-order valence-electron chi connectivity index (χ4n) is 2.71. The highest BCUT2D eigenvalue weighted by Crippen LogP contribution is 2.35. The van der Waals surface area contributed by atoms with Gasteiger partial charge in [-0.2, -0.15) is 0 Å². The van der Waals surface area contributed by atoms with Crippen LogP contribution in [0.2, 0.25) is 0 Å². The fraction of sp³-hybridized carbons (Fsp3) is 0.182. The van der Waals surface area contributed by atoms with Gasteiger partial charge in [0, 0.05) is 16.7 Å². The van der Waals surface area contributed by atoms with Crippen molar-refractivity contribution in [3.63, 3.8) is 0 Å². The molecule has 5 heteroatoms. The molecule has 0 aromatic heterocycles. The van der Waals surface area contributed by atoms with Crippen LogP contribution in [0.15, 0.2) is 68.0 Å². The summed E-state index contributed by atoms with van der Waals surface area (Å²) in [5, 5.41) is 3.49. The maximum atomic E-state index is 6.02. The quantitative estimate of drug-likeness (QED) is 0.336. The third-order valence-electron chi connectivity index (χ3n) is 4.23. The van der Waals surface area contributed by atoms with Gasteiger partial charge in [-0.3, -0.25) is 0 Å². The van der Waals surface area contributed by atoms with Gasteiger partial charge in [-0.25, -0.2) is 0 Å². The summed E-state index contributed by atoms with van der Waals surface area (Å²) in [6, 6.07) is 18.8. The summed E-state index contributed by atoms with van der Waals surface area (Å²) in [6.07, 6.45) is 0. The molecule has 0 bridgehead atoms. The summed E-state index contributed by atoms with van der Waals surface area (Å²) in [5.74, 6) is 0.819. The minimum atomic E-state index is 0.535. The van der Waals surface area contributed by atoms with Crippen molar-refractivity contribution in [3.05, 3.63) is 90.3 Å². The molecule has 0 aliphatic heterocycles. The molecular weight excluding hydrogens is 534 g/mol. The van der Waals surface area contributed by atoms with E-state index in [0.717, 1.165) is 37.0 Å². The molecule has 0 aliphatic rings. The van der Waals surface area contributed by atoms with E-state index in [1.54, 1.807) is 0 Å². The number of nitrogens with one attached hydrogen (secondary N) is 1. The number of aryl methyl sites for hydroxylation is 2. The van der Waals surface area contributed by atoms with Crippen molar-refractivity contribution in [2.75, 3.05) is 5.32 Å². The third-order valence-corrected chi connectivity index (χ3v) is 5.90. The van der Waals surface area contributed by atoms with Crippen molar-refractivity contribution >= 4 is 53.5 Å². The Morgan fingerprint density at radius 1 is 0.815 bits per heavy atom. The van der Waals surface area contributed by atoms with E-state index >= 15 is 0 Å². The molecule has 0 saturated heterocycles. The van der Waals surface area contributed by atoms with Gasteiger partial charge in [0.25, 0.3) is 0 Å². The second-order valence-electron chi connectivity index (χ2n) is 6.48. The van der Waals surface area contributed by atoms with Crippen LogP contribution >= 0.6 is 47.8 Å². The van der Waals surface area contributed by atoms with Crippen molar-refractivity contribution < 1.29 is 4.74 Å². The number of hydrogen-bond acceptors (Lipinski definition) is 2. The van der Waals surface area contributed by atoms with Gasteiger partial charge in [-0.05, 0) is 92.7 Å². The SMILES string of the molecule is Cc1ccc(COc2c(Br)cc(CNc3ccc(Br)cc3C)cc2Br)cc1. The van der Waals surface area contributed by atoms with Gasteiger partial charge in [0.05, 0.1) is 8.95 Å². The molecule has 0 heterocycles. The molecule has 27 heavy (non-hydrogen) atoms. The van der Waals surface area contributed by atoms with Gasteiger partial charge < -0.3 is 10.1 Å². The number of rotatable bonds is 6. The maximum Gasteiger partial charge on any atom is 0.148 e. The van der Waals surface area contributed by atoms with E-state index in [1.807, 2.05) is 6.07 Å². The lowest BCUT2D eigenvalue weighted by Gasteiger charge is -2.14. The van der Waals surface area contributed by atoms with E-state index in [9.17, 15) is 0 Å². The van der Waals surface area contributed by atoms with Gasteiger partial charge in [-0.15, -0.1) is 0 Å². The topological polar surface area (TPSA) is 21.3 Å². The Labute approximate surface area is 185 Å². The molecule has 0 radical (unpaired) electrons. The molecule has 1 N–H and O–H groups in total. The third kappa shape index (κ3) is 5.59. The van der Waals surface area contributed by atoms with Crippen LogP contribution in [0.1, 0.15) is 22.3 Å². The van der Waals surface area contributed by atoms with Crippen LogP contribution in [-0.4, -0.2) is 0 Å². The minimum absolute atomic E-state index is 0.535. The van der Waals surface area contributed by atoms with Crippen LogP contribution in [0.3, 0.4) is 0 Å². The first-order valence-corrected chi connectivity index (χ1v) is 11.0. The van der Waals surface area contributed by atoms with Crippen LogP contribution in [0.5, 0.6) is 5.75 Å². The molecule has 0 spiro atoms. The summed E-state index contributed by atoms with van der Waals surface area (Å²) in [6.45, 7) is 5.45. The molecular formula is C22H20Br3NO. The Balaban J connectivity index is 1.67. The predicted molar refractivity (Wildman–Crippen MR) is 124 cm³/mol. The van der Waals surface area contributed by atoms with E-state index in [2.05, 4.69) is 115 Å². The molecule has 0 aliphatic carbocycles. The zero-order valence-corrected chi connectivity index (χ0v) is 19.9. The largest absolute Gasteiger partial charge is 0.487 e. The average molecular weight is 554 g/mol. The number of anilines is 1. The van der Waals surface area contributed by atoms with E-state index < -0.39 is 0 Å². The lowest BCUT2D eigenvalue weighted by molar-refractivity contribution is 0.302. The maximum absolute atomic E-state index is 6.02. The highest BCUT2D eigenvalue weighted by molar-refractivity contribution is 9.11. The first-order chi connectivity index (χ1) is 12.9. The monoisotopic (exact) mass is 551 g/mol. The molecule has 0 unspecified atom stereocenters. The second-order valence-corrected chi connectivity index (χ2v) is 9.10. The predicted octanol–water partition coefficient (Wildman–Crippen LogP) is 7.78. The zero-order valence-electron chi connectivity index (χ0n) is 15.2. The summed E-state index contributed by atoms with van der Waals surface area (Å²) in [5.41, 5.74) is 5.90. The van der Waals surface area contributed by atoms with Crippen molar-refractivity contribution in [3.8, 4) is 5.75 Å². The lowest BCUT2D eigenvalue weighted by atomic mass is 10.1. The van der Waals surface area contributed by atoms with Crippen molar-refractivity contribution in [1.29, 1.82) is 0 Å². The molecule has 3 aromatic carbocycles. The van der Waals surface area contributed by atoms with E-state index in [4.69, 9.17) is 4.74 Å². The number of halogens is 3. The fourth-order valence-corrected chi connectivity index (χ4v) is 4.70. The molecule has 0 atom stereocenters. The normalized spacial score (nSPS) is 10.7. The zero-order chi connectivity index (χ0) is 19.4. The average Bonchev–Trinajstić information content (AvgIpc) is 2.62. The van der Waals surface area contributed by atoms with Gasteiger partial charge in [0.15, 0.2) is 0 Å². The minimum Gasteiger partial charge on any atom is -0.487 e. The summed E-state index contributed by atoms with van der Waals surface area (Å²) >= 11 is 10.8. The van der Waals surface area contributed by atoms with Crippen LogP contribution in [-0.2, 0) is 13.2 Å². The standard InChI is InChI=1S/C22H20Br3NO/c1-14-3-5-16(6-4-14)13-27-22-19(24)10-17(11-20(22)25)12-26-21-8-7-18(23)9-15(21)2/h3-11,26H,12-13H2,1-2H3. The van der Waals surface area contributed by atoms with Crippen molar-refractivity contribution in [1.82, 2.24) is 0 Å². The van der Waals surface area contributed by atoms with Gasteiger partial charge in [0.2, 0.25) is 0 Å². The Morgan fingerprint density at radius 3 is 2.11 bits per heavy atom. The lowest BCUT2D eigenvalue weighted by Crippen LogP contribution is -2.02. The first kappa shape index (κ1) is 20.4. The molecule has 3 rings (SSSR count). The Morgan fingerprint density at radius 2 is 1.48 bits per heavy atom. The molecule has 2 nitrogen and oxygen atoms in total. The number of ether oxygens (including phenoxy) is 1. The van der Waals surface area contributed by atoms with E-state index in [-0.39, 0.29) is 0 Å². The van der Waals surface area contributed by atoms with Gasteiger partial charge in [0.1, 0.15) is 12.4 Å². The van der Waals surface area contributed by atoms with Gasteiger partial charge in [-0.1, -0.05) is 45.8 Å². The van der Waals surface area contributed by atoms with Crippen molar-refractivity contribution in [2.45, 2.75) is 27.0 Å². The first-order valence-electron chi connectivity index (χ1n) is 8.58. The molecule has 140 valence electrons. The summed E-state index contributed by atoms with van der Waals surface area (Å²) < 4.78 is 8.99. The molecule has 0 amide bonds.